The van der Waals surface area contributed by atoms with Crippen molar-refractivity contribution < 1.29 is 0 Å². The van der Waals surface area contributed by atoms with Crippen molar-refractivity contribution in [1.29, 1.82) is 5.26 Å². The predicted molar refractivity (Wildman–Crippen MR) is 102 cm³/mol. The fourth-order valence-corrected chi connectivity index (χ4v) is 3.42. The molecule has 1 N–H and O–H groups in total. The summed E-state index contributed by atoms with van der Waals surface area (Å²) < 4.78 is 2.19. The van der Waals surface area contributed by atoms with Crippen LogP contribution >= 0.6 is 0 Å². The number of hydrogen-bond donors (Lipinski definition) is 1. The van der Waals surface area contributed by atoms with Gasteiger partial charge in [-0.2, -0.15) is 5.26 Å². The molecule has 0 saturated heterocycles. The highest BCUT2D eigenvalue weighted by Gasteiger charge is 2.30. The highest BCUT2D eigenvalue weighted by Crippen LogP contribution is 2.44. The van der Waals surface area contributed by atoms with Gasteiger partial charge < -0.3 is 9.88 Å². The highest BCUT2D eigenvalue weighted by atomic mass is 15.2. The van der Waals surface area contributed by atoms with Crippen LogP contribution < -0.4 is 5.32 Å². The summed E-state index contributed by atoms with van der Waals surface area (Å²) >= 11 is 0. The van der Waals surface area contributed by atoms with E-state index in [0.29, 0.717) is 6.04 Å². The Labute approximate surface area is 148 Å². The Balaban J connectivity index is 1.90. The standard InChI is InChI=1S/C22H21N3/c1-15-7-6-8-16(2)21(15)24-22-20(17-9-4-3-5-10-17)13-19(14-23)25(22)18-11-12-18/h3-10,13,18,24H,11-12H2,1-2H3. The Morgan fingerprint density at radius 3 is 2.28 bits per heavy atom. The van der Waals surface area contributed by atoms with E-state index in [1.807, 2.05) is 24.3 Å². The van der Waals surface area contributed by atoms with Crippen molar-refractivity contribution in [2.45, 2.75) is 32.7 Å². The molecule has 0 spiro atoms. The topological polar surface area (TPSA) is 40.8 Å². The van der Waals surface area contributed by atoms with Crippen molar-refractivity contribution in [2.24, 2.45) is 0 Å². The molecule has 3 nitrogen and oxygen atoms in total. The van der Waals surface area contributed by atoms with E-state index in [9.17, 15) is 5.26 Å². The molecule has 3 aromatic rings. The second kappa shape index (κ2) is 6.14. The zero-order chi connectivity index (χ0) is 17.4. The molecular weight excluding hydrogens is 306 g/mol. The van der Waals surface area contributed by atoms with Crippen LogP contribution in [0.1, 0.15) is 35.7 Å². The van der Waals surface area contributed by atoms with Crippen molar-refractivity contribution >= 4 is 11.5 Å². The van der Waals surface area contributed by atoms with Gasteiger partial charge in [-0.05, 0) is 49.4 Å². The maximum atomic E-state index is 9.66. The third-order valence-corrected chi connectivity index (χ3v) is 4.87. The quantitative estimate of drug-likeness (QED) is 0.665. The number of nitrogens with one attached hydrogen (secondary N) is 1. The van der Waals surface area contributed by atoms with Gasteiger partial charge in [-0.15, -0.1) is 0 Å². The summed E-state index contributed by atoms with van der Waals surface area (Å²) in [6, 6.07) is 21.4. The van der Waals surface area contributed by atoms with Crippen LogP contribution in [0.25, 0.3) is 11.1 Å². The molecule has 124 valence electrons. The minimum Gasteiger partial charge on any atom is -0.341 e. The van der Waals surface area contributed by atoms with Gasteiger partial charge in [0, 0.05) is 17.3 Å². The Morgan fingerprint density at radius 2 is 1.68 bits per heavy atom. The van der Waals surface area contributed by atoms with Crippen LogP contribution in [0.15, 0.2) is 54.6 Å². The molecule has 1 fully saturated rings. The molecule has 1 aromatic heterocycles. The summed E-state index contributed by atoms with van der Waals surface area (Å²) in [5.41, 5.74) is 6.50. The third kappa shape index (κ3) is 2.81. The zero-order valence-corrected chi connectivity index (χ0v) is 14.6. The normalized spacial score (nSPS) is 13.5. The van der Waals surface area contributed by atoms with Gasteiger partial charge in [-0.1, -0.05) is 48.5 Å². The summed E-state index contributed by atoms with van der Waals surface area (Å²) in [4.78, 5) is 0. The minimum absolute atomic E-state index is 0.430. The SMILES string of the molecule is Cc1cccc(C)c1Nc1c(-c2ccccc2)cc(C#N)n1C1CC1. The Morgan fingerprint density at radius 1 is 1.00 bits per heavy atom. The molecule has 0 unspecified atom stereocenters. The third-order valence-electron chi connectivity index (χ3n) is 4.87. The van der Waals surface area contributed by atoms with E-state index in [1.165, 1.54) is 11.1 Å². The van der Waals surface area contributed by atoms with E-state index in [2.05, 4.69) is 60.1 Å². The Hall–Kier alpha value is -2.99. The lowest BCUT2D eigenvalue weighted by molar-refractivity contribution is 0.746. The predicted octanol–water partition coefficient (Wildman–Crippen LogP) is 5.72. The van der Waals surface area contributed by atoms with E-state index in [-0.39, 0.29) is 0 Å². The monoisotopic (exact) mass is 327 g/mol. The van der Waals surface area contributed by atoms with Crippen molar-refractivity contribution in [2.75, 3.05) is 5.32 Å². The number of aryl methyl sites for hydroxylation is 2. The highest BCUT2D eigenvalue weighted by molar-refractivity contribution is 5.82. The van der Waals surface area contributed by atoms with Crippen LogP contribution in [0.4, 0.5) is 11.5 Å². The number of rotatable bonds is 4. The van der Waals surface area contributed by atoms with Gasteiger partial charge in [-0.25, -0.2) is 0 Å². The lowest BCUT2D eigenvalue weighted by atomic mass is 10.1. The first kappa shape index (κ1) is 15.5. The number of nitrogens with zero attached hydrogens (tertiary/aromatic N) is 2. The first-order valence-electron chi connectivity index (χ1n) is 8.73. The molecule has 0 bridgehead atoms. The number of anilines is 2. The van der Waals surface area contributed by atoms with E-state index in [0.717, 1.165) is 41.2 Å². The minimum atomic E-state index is 0.430. The molecule has 1 aliphatic rings. The van der Waals surface area contributed by atoms with E-state index in [1.54, 1.807) is 0 Å². The average molecular weight is 327 g/mol. The molecule has 4 rings (SSSR count). The van der Waals surface area contributed by atoms with Crippen LogP contribution in [-0.2, 0) is 0 Å². The maximum absolute atomic E-state index is 9.66. The van der Waals surface area contributed by atoms with Crippen LogP contribution in [-0.4, -0.2) is 4.57 Å². The van der Waals surface area contributed by atoms with E-state index in [4.69, 9.17) is 0 Å². The average Bonchev–Trinajstić information content (AvgIpc) is 3.40. The van der Waals surface area contributed by atoms with Gasteiger partial charge >= 0.3 is 0 Å². The van der Waals surface area contributed by atoms with E-state index < -0.39 is 0 Å². The molecule has 2 aromatic carbocycles. The Kier molecular flexibility index (Phi) is 3.82. The van der Waals surface area contributed by atoms with Gasteiger partial charge in [0.1, 0.15) is 17.6 Å². The van der Waals surface area contributed by atoms with E-state index >= 15 is 0 Å². The summed E-state index contributed by atoms with van der Waals surface area (Å²) in [5.74, 6) is 1.03. The number of aromatic nitrogens is 1. The zero-order valence-electron chi connectivity index (χ0n) is 14.6. The molecule has 1 saturated carbocycles. The smallest absolute Gasteiger partial charge is 0.122 e. The molecule has 0 radical (unpaired) electrons. The molecule has 0 amide bonds. The summed E-state index contributed by atoms with van der Waals surface area (Å²) in [6.45, 7) is 4.24. The van der Waals surface area contributed by atoms with Gasteiger partial charge in [0.25, 0.3) is 0 Å². The van der Waals surface area contributed by atoms with Crippen LogP contribution in [0.3, 0.4) is 0 Å². The lowest BCUT2D eigenvalue weighted by Crippen LogP contribution is -2.05. The first-order chi connectivity index (χ1) is 12.2. The molecule has 1 heterocycles. The lowest BCUT2D eigenvalue weighted by Gasteiger charge is -2.17. The van der Waals surface area contributed by atoms with Crippen molar-refractivity contribution in [3.63, 3.8) is 0 Å². The van der Waals surface area contributed by atoms with Gasteiger partial charge in [0.15, 0.2) is 0 Å². The van der Waals surface area contributed by atoms with Crippen molar-refractivity contribution in [3.8, 4) is 17.2 Å². The van der Waals surface area contributed by atoms with Crippen LogP contribution in [0.5, 0.6) is 0 Å². The fourth-order valence-electron chi connectivity index (χ4n) is 3.42. The molecular formula is C22H21N3. The maximum Gasteiger partial charge on any atom is 0.122 e. The number of hydrogen-bond acceptors (Lipinski definition) is 2. The Bertz CT molecular complexity index is 937. The molecule has 3 heteroatoms. The second-order valence-corrected chi connectivity index (χ2v) is 6.76. The van der Waals surface area contributed by atoms with Gasteiger partial charge in [-0.3, -0.25) is 0 Å². The fraction of sp³-hybridized carbons (Fsp3) is 0.227. The van der Waals surface area contributed by atoms with Gasteiger partial charge in [0.05, 0.1) is 0 Å². The molecule has 0 aliphatic heterocycles. The van der Waals surface area contributed by atoms with Crippen molar-refractivity contribution in [3.05, 3.63) is 71.4 Å². The molecule has 0 atom stereocenters. The van der Waals surface area contributed by atoms with Crippen LogP contribution in [0.2, 0.25) is 0 Å². The first-order valence-corrected chi connectivity index (χ1v) is 8.73. The summed E-state index contributed by atoms with van der Waals surface area (Å²) in [5, 5.41) is 13.3. The summed E-state index contributed by atoms with van der Waals surface area (Å²) in [6.07, 6.45) is 2.28. The molecule has 25 heavy (non-hydrogen) atoms. The number of nitriles is 1. The largest absolute Gasteiger partial charge is 0.341 e. The number of para-hydroxylation sites is 1. The van der Waals surface area contributed by atoms with Crippen molar-refractivity contribution in [1.82, 2.24) is 4.57 Å². The summed E-state index contributed by atoms with van der Waals surface area (Å²) in [7, 11) is 0. The second-order valence-electron chi connectivity index (χ2n) is 6.76. The van der Waals surface area contributed by atoms with Crippen LogP contribution in [0, 0.1) is 25.2 Å². The number of benzene rings is 2. The van der Waals surface area contributed by atoms with Gasteiger partial charge in [0.2, 0.25) is 0 Å². The molecule has 1 aliphatic carbocycles.